The van der Waals surface area contributed by atoms with Crippen LogP contribution < -0.4 is 9.47 Å². The number of nitrogens with zero attached hydrogens (tertiary/aromatic N) is 1. The van der Waals surface area contributed by atoms with E-state index in [4.69, 9.17) is 9.47 Å². The SMILES string of the molecule is COc1ccc(Oc2ccc([N+](=O)[O-])c(F)c2)cc1. The van der Waals surface area contributed by atoms with Gasteiger partial charge in [0, 0.05) is 12.1 Å². The van der Waals surface area contributed by atoms with Crippen LogP contribution in [0.3, 0.4) is 0 Å². The van der Waals surface area contributed by atoms with Crippen molar-refractivity contribution in [3.05, 3.63) is 58.4 Å². The maximum Gasteiger partial charge on any atom is 0.305 e. The summed E-state index contributed by atoms with van der Waals surface area (Å²) in [6.07, 6.45) is 0. The molecule has 98 valence electrons. The summed E-state index contributed by atoms with van der Waals surface area (Å²) in [6.45, 7) is 0. The van der Waals surface area contributed by atoms with Gasteiger partial charge >= 0.3 is 5.69 Å². The lowest BCUT2D eigenvalue weighted by Crippen LogP contribution is -1.93. The number of benzene rings is 2. The minimum atomic E-state index is -0.934. The molecule has 0 saturated carbocycles. The van der Waals surface area contributed by atoms with Crippen LogP contribution in [0.15, 0.2) is 42.5 Å². The molecule has 0 amide bonds. The quantitative estimate of drug-likeness (QED) is 0.625. The highest BCUT2D eigenvalue weighted by molar-refractivity contribution is 5.41. The van der Waals surface area contributed by atoms with Gasteiger partial charge in [-0.1, -0.05) is 0 Å². The molecule has 0 heterocycles. The molecular formula is C13H10FNO4. The van der Waals surface area contributed by atoms with E-state index >= 15 is 0 Å². The average Bonchev–Trinajstić information content (AvgIpc) is 2.39. The molecule has 0 spiro atoms. The summed E-state index contributed by atoms with van der Waals surface area (Å²) in [4.78, 5) is 9.69. The molecule has 0 atom stereocenters. The van der Waals surface area contributed by atoms with Crippen molar-refractivity contribution in [2.24, 2.45) is 0 Å². The fourth-order valence-corrected chi connectivity index (χ4v) is 1.48. The summed E-state index contributed by atoms with van der Waals surface area (Å²) >= 11 is 0. The first-order valence-electron chi connectivity index (χ1n) is 5.36. The number of nitro benzene ring substituents is 1. The lowest BCUT2D eigenvalue weighted by molar-refractivity contribution is -0.387. The molecular weight excluding hydrogens is 253 g/mol. The van der Waals surface area contributed by atoms with Crippen LogP contribution in [0.2, 0.25) is 0 Å². The topological polar surface area (TPSA) is 61.6 Å². The maximum atomic E-state index is 13.4. The van der Waals surface area contributed by atoms with Crippen LogP contribution in [0, 0.1) is 15.9 Å². The number of nitro groups is 1. The second-order valence-electron chi connectivity index (χ2n) is 3.65. The molecule has 6 heteroatoms. The molecule has 0 aromatic heterocycles. The normalized spacial score (nSPS) is 10.0. The lowest BCUT2D eigenvalue weighted by Gasteiger charge is -2.06. The Morgan fingerprint density at radius 1 is 1.05 bits per heavy atom. The molecule has 2 aromatic carbocycles. The van der Waals surface area contributed by atoms with E-state index in [1.807, 2.05) is 0 Å². The van der Waals surface area contributed by atoms with Crippen molar-refractivity contribution in [3.63, 3.8) is 0 Å². The van der Waals surface area contributed by atoms with E-state index in [1.165, 1.54) is 6.07 Å². The first kappa shape index (κ1) is 12.8. The van der Waals surface area contributed by atoms with Gasteiger partial charge in [0.2, 0.25) is 5.82 Å². The van der Waals surface area contributed by atoms with Crippen molar-refractivity contribution in [1.29, 1.82) is 0 Å². The molecule has 2 aromatic rings. The van der Waals surface area contributed by atoms with Crippen molar-refractivity contribution in [2.75, 3.05) is 7.11 Å². The molecule has 0 aliphatic rings. The van der Waals surface area contributed by atoms with Crippen molar-refractivity contribution >= 4 is 5.69 Å². The Bertz CT molecular complexity index is 598. The van der Waals surface area contributed by atoms with Gasteiger partial charge in [-0.05, 0) is 30.3 Å². The molecule has 0 saturated heterocycles. The van der Waals surface area contributed by atoms with Crippen LogP contribution in [0.25, 0.3) is 0 Å². The zero-order valence-electron chi connectivity index (χ0n) is 10.00. The standard InChI is InChI=1S/C13H10FNO4/c1-18-9-2-4-10(5-3-9)19-11-6-7-13(15(16)17)12(14)8-11/h2-8H,1H3. The van der Waals surface area contributed by atoms with Crippen molar-refractivity contribution in [1.82, 2.24) is 0 Å². The molecule has 0 fully saturated rings. The molecule has 5 nitrogen and oxygen atoms in total. The van der Waals surface area contributed by atoms with E-state index in [2.05, 4.69) is 0 Å². The number of ether oxygens (including phenoxy) is 2. The number of hydrogen-bond donors (Lipinski definition) is 0. The Hall–Kier alpha value is -2.63. The van der Waals surface area contributed by atoms with Crippen molar-refractivity contribution in [2.45, 2.75) is 0 Å². The monoisotopic (exact) mass is 263 g/mol. The first-order chi connectivity index (χ1) is 9.10. The van der Waals surface area contributed by atoms with Gasteiger partial charge in [0.1, 0.15) is 17.2 Å². The van der Waals surface area contributed by atoms with Crippen LogP contribution in [-0.4, -0.2) is 12.0 Å². The van der Waals surface area contributed by atoms with Gasteiger partial charge in [0.15, 0.2) is 0 Å². The number of halogens is 1. The highest BCUT2D eigenvalue weighted by Gasteiger charge is 2.14. The average molecular weight is 263 g/mol. The van der Waals surface area contributed by atoms with E-state index in [1.54, 1.807) is 31.4 Å². The summed E-state index contributed by atoms with van der Waals surface area (Å²) in [6, 6.07) is 10.1. The Morgan fingerprint density at radius 2 is 1.63 bits per heavy atom. The summed E-state index contributed by atoms with van der Waals surface area (Å²) in [5.41, 5.74) is -0.581. The third-order valence-corrected chi connectivity index (χ3v) is 2.41. The van der Waals surface area contributed by atoms with Crippen molar-refractivity contribution < 1.29 is 18.8 Å². The number of methoxy groups -OCH3 is 1. The minimum Gasteiger partial charge on any atom is -0.497 e. The van der Waals surface area contributed by atoms with Crippen LogP contribution in [0.4, 0.5) is 10.1 Å². The van der Waals surface area contributed by atoms with Gasteiger partial charge < -0.3 is 9.47 Å². The smallest absolute Gasteiger partial charge is 0.305 e. The molecule has 0 N–H and O–H groups in total. The predicted molar refractivity (Wildman–Crippen MR) is 66.1 cm³/mol. The largest absolute Gasteiger partial charge is 0.497 e. The molecule has 19 heavy (non-hydrogen) atoms. The molecule has 0 aliphatic carbocycles. The van der Waals surface area contributed by atoms with Gasteiger partial charge in [0.25, 0.3) is 0 Å². The van der Waals surface area contributed by atoms with E-state index in [0.717, 1.165) is 12.1 Å². The lowest BCUT2D eigenvalue weighted by atomic mass is 10.3. The summed E-state index contributed by atoms with van der Waals surface area (Å²) in [5, 5.41) is 10.5. The van der Waals surface area contributed by atoms with E-state index in [-0.39, 0.29) is 5.75 Å². The molecule has 2 rings (SSSR count). The third kappa shape index (κ3) is 2.98. The van der Waals surface area contributed by atoms with Crippen LogP contribution in [-0.2, 0) is 0 Å². The van der Waals surface area contributed by atoms with Crippen LogP contribution in [0.5, 0.6) is 17.2 Å². The van der Waals surface area contributed by atoms with Gasteiger partial charge in [-0.15, -0.1) is 0 Å². The van der Waals surface area contributed by atoms with Crippen LogP contribution in [0.1, 0.15) is 0 Å². The zero-order chi connectivity index (χ0) is 13.8. The predicted octanol–water partition coefficient (Wildman–Crippen LogP) is 3.53. The highest BCUT2D eigenvalue weighted by atomic mass is 19.1. The summed E-state index contributed by atoms with van der Waals surface area (Å²) in [7, 11) is 1.54. The van der Waals surface area contributed by atoms with Gasteiger partial charge in [-0.2, -0.15) is 4.39 Å². The maximum absolute atomic E-state index is 13.4. The van der Waals surface area contributed by atoms with Gasteiger partial charge in [-0.25, -0.2) is 0 Å². The third-order valence-electron chi connectivity index (χ3n) is 2.41. The highest BCUT2D eigenvalue weighted by Crippen LogP contribution is 2.27. The van der Waals surface area contributed by atoms with Crippen molar-refractivity contribution in [3.8, 4) is 17.2 Å². The van der Waals surface area contributed by atoms with Crippen LogP contribution >= 0.6 is 0 Å². The number of rotatable bonds is 4. The van der Waals surface area contributed by atoms with E-state index in [9.17, 15) is 14.5 Å². The summed E-state index contributed by atoms with van der Waals surface area (Å²) < 4.78 is 23.7. The Labute approximate surface area is 108 Å². The second kappa shape index (κ2) is 5.34. The molecule has 0 radical (unpaired) electrons. The fourth-order valence-electron chi connectivity index (χ4n) is 1.48. The Kier molecular flexibility index (Phi) is 3.61. The summed E-state index contributed by atoms with van der Waals surface area (Å²) in [5.74, 6) is 0.403. The first-order valence-corrected chi connectivity index (χ1v) is 5.36. The second-order valence-corrected chi connectivity index (χ2v) is 3.65. The zero-order valence-corrected chi connectivity index (χ0v) is 10.00. The molecule has 0 unspecified atom stereocenters. The van der Waals surface area contributed by atoms with Gasteiger partial charge in [-0.3, -0.25) is 10.1 Å². The number of hydrogen-bond acceptors (Lipinski definition) is 4. The minimum absolute atomic E-state index is 0.188. The fraction of sp³-hybridized carbons (Fsp3) is 0.0769. The Balaban J connectivity index is 2.18. The van der Waals surface area contributed by atoms with E-state index < -0.39 is 16.4 Å². The molecule has 0 bridgehead atoms. The molecule has 0 aliphatic heterocycles. The Morgan fingerprint density at radius 3 is 2.16 bits per heavy atom. The van der Waals surface area contributed by atoms with Gasteiger partial charge in [0.05, 0.1) is 12.0 Å². The van der Waals surface area contributed by atoms with E-state index in [0.29, 0.717) is 11.5 Å².